The van der Waals surface area contributed by atoms with Crippen molar-refractivity contribution in [1.82, 2.24) is 4.90 Å². The van der Waals surface area contributed by atoms with E-state index in [-0.39, 0.29) is 40.3 Å². The minimum absolute atomic E-state index is 0.0106. The molecule has 0 bridgehead atoms. The Balaban J connectivity index is 1.89. The maximum absolute atomic E-state index is 13.7. The molecule has 0 aliphatic heterocycles. The largest absolute Gasteiger partial charge is 0.497 e. The Bertz CT molecular complexity index is 1280. The number of carbonyl (C=O) groups is 1. The van der Waals surface area contributed by atoms with Gasteiger partial charge in [-0.1, -0.05) is 26.0 Å². The maximum Gasteiger partial charge on any atom is 0.339 e. The van der Waals surface area contributed by atoms with Crippen LogP contribution in [-0.2, 0) is 16.7 Å². The third-order valence-electron chi connectivity index (χ3n) is 5.09. The van der Waals surface area contributed by atoms with Crippen molar-refractivity contribution in [3.63, 3.8) is 0 Å². The summed E-state index contributed by atoms with van der Waals surface area (Å²) in [6.07, 6.45) is 0. The van der Waals surface area contributed by atoms with E-state index in [9.17, 15) is 17.6 Å². The average molecular weight is 502 g/mol. The summed E-state index contributed by atoms with van der Waals surface area (Å²) in [4.78, 5) is 14.6. The summed E-state index contributed by atoms with van der Waals surface area (Å²) in [6.45, 7) is 4.52. The monoisotopic (exact) mass is 501 g/mol. The first-order valence-electron chi connectivity index (χ1n) is 10.9. The number of nitrogens with zero attached hydrogens (tertiary/aromatic N) is 1. The molecule has 9 heteroatoms. The van der Waals surface area contributed by atoms with E-state index in [2.05, 4.69) is 0 Å². The summed E-state index contributed by atoms with van der Waals surface area (Å²) in [5, 5.41) is 0. The van der Waals surface area contributed by atoms with Crippen LogP contribution in [0.2, 0.25) is 0 Å². The molecule has 0 spiro atoms. The third kappa shape index (κ3) is 6.73. The molecule has 0 unspecified atom stereocenters. The lowest BCUT2D eigenvalue weighted by molar-refractivity contribution is 0.0722. The minimum Gasteiger partial charge on any atom is -0.497 e. The second-order valence-corrected chi connectivity index (χ2v) is 9.83. The quantitative estimate of drug-likeness (QED) is 0.367. The fraction of sp³-hybridized carbons (Fsp3) is 0.269. The summed E-state index contributed by atoms with van der Waals surface area (Å²) in [6, 6.07) is 16.1. The van der Waals surface area contributed by atoms with Gasteiger partial charge in [-0.15, -0.1) is 0 Å². The highest BCUT2D eigenvalue weighted by Crippen LogP contribution is 2.32. The second kappa shape index (κ2) is 11.2. The summed E-state index contributed by atoms with van der Waals surface area (Å²) >= 11 is 0. The number of amides is 1. The molecular weight excluding hydrogens is 473 g/mol. The van der Waals surface area contributed by atoms with Gasteiger partial charge in [0.05, 0.1) is 14.2 Å². The van der Waals surface area contributed by atoms with Crippen LogP contribution in [0.3, 0.4) is 0 Å². The molecule has 0 heterocycles. The van der Waals surface area contributed by atoms with E-state index in [1.54, 1.807) is 23.1 Å². The Morgan fingerprint density at radius 2 is 1.66 bits per heavy atom. The molecule has 1 amide bonds. The van der Waals surface area contributed by atoms with Gasteiger partial charge in [0.1, 0.15) is 16.5 Å². The maximum atomic E-state index is 13.7. The van der Waals surface area contributed by atoms with Crippen LogP contribution in [0.4, 0.5) is 4.39 Å². The molecule has 0 aromatic heterocycles. The molecule has 0 saturated carbocycles. The van der Waals surface area contributed by atoms with Crippen LogP contribution in [0.5, 0.6) is 17.2 Å². The third-order valence-corrected chi connectivity index (χ3v) is 6.34. The number of hydrogen-bond donors (Lipinski definition) is 0. The zero-order chi connectivity index (χ0) is 25.6. The molecular formula is C26H28FNO6S. The molecule has 35 heavy (non-hydrogen) atoms. The van der Waals surface area contributed by atoms with Crippen molar-refractivity contribution < 1.29 is 31.3 Å². The van der Waals surface area contributed by atoms with Crippen molar-refractivity contribution in [2.24, 2.45) is 5.92 Å². The van der Waals surface area contributed by atoms with Gasteiger partial charge >= 0.3 is 10.1 Å². The van der Waals surface area contributed by atoms with Gasteiger partial charge in [-0.2, -0.15) is 8.42 Å². The van der Waals surface area contributed by atoms with E-state index in [0.717, 1.165) is 0 Å². The van der Waals surface area contributed by atoms with E-state index in [4.69, 9.17) is 13.7 Å². The molecule has 3 rings (SSSR count). The molecule has 3 aromatic carbocycles. The summed E-state index contributed by atoms with van der Waals surface area (Å²) in [7, 11) is -1.27. The second-order valence-electron chi connectivity index (χ2n) is 8.29. The van der Waals surface area contributed by atoms with Crippen molar-refractivity contribution in [3.8, 4) is 17.2 Å². The predicted octanol–water partition coefficient (Wildman–Crippen LogP) is 4.91. The first-order chi connectivity index (χ1) is 16.6. The number of carbonyl (C=O) groups excluding carboxylic acids is 1. The number of benzene rings is 3. The minimum atomic E-state index is -4.16. The van der Waals surface area contributed by atoms with Gasteiger partial charge in [0.15, 0.2) is 11.5 Å². The van der Waals surface area contributed by atoms with Crippen LogP contribution in [0.15, 0.2) is 71.6 Å². The Hall–Kier alpha value is -3.59. The van der Waals surface area contributed by atoms with Gasteiger partial charge in [-0.3, -0.25) is 4.79 Å². The van der Waals surface area contributed by atoms with Crippen molar-refractivity contribution in [2.75, 3.05) is 20.8 Å². The molecule has 3 aromatic rings. The van der Waals surface area contributed by atoms with Gasteiger partial charge < -0.3 is 18.6 Å². The van der Waals surface area contributed by atoms with E-state index < -0.39 is 15.9 Å². The lowest BCUT2D eigenvalue weighted by atomic mass is 10.1. The first-order valence-corrected chi connectivity index (χ1v) is 12.3. The van der Waals surface area contributed by atoms with Crippen LogP contribution in [0.1, 0.15) is 29.8 Å². The molecule has 7 nitrogen and oxygen atoms in total. The summed E-state index contributed by atoms with van der Waals surface area (Å²) < 4.78 is 55.2. The summed E-state index contributed by atoms with van der Waals surface area (Å²) in [5.41, 5.74) is 0.855. The molecule has 0 saturated heterocycles. The molecule has 0 atom stereocenters. The smallest absolute Gasteiger partial charge is 0.339 e. The predicted molar refractivity (Wildman–Crippen MR) is 130 cm³/mol. The molecule has 0 N–H and O–H groups in total. The highest BCUT2D eigenvalue weighted by molar-refractivity contribution is 7.87. The highest BCUT2D eigenvalue weighted by atomic mass is 32.2. The lowest BCUT2D eigenvalue weighted by Gasteiger charge is -2.25. The fourth-order valence-corrected chi connectivity index (χ4v) is 4.41. The van der Waals surface area contributed by atoms with Gasteiger partial charge in [-0.25, -0.2) is 4.39 Å². The van der Waals surface area contributed by atoms with E-state index >= 15 is 0 Å². The van der Waals surface area contributed by atoms with Crippen molar-refractivity contribution in [2.45, 2.75) is 25.3 Å². The van der Waals surface area contributed by atoms with Gasteiger partial charge in [0, 0.05) is 18.7 Å². The molecule has 0 aliphatic rings. The number of methoxy groups -OCH3 is 2. The van der Waals surface area contributed by atoms with E-state index in [1.165, 1.54) is 62.8 Å². The fourth-order valence-electron chi connectivity index (χ4n) is 3.48. The Morgan fingerprint density at radius 3 is 2.26 bits per heavy atom. The van der Waals surface area contributed by atoms with Crippen LogP contribution < -0.4 is 13.7 Å². The van der Waals surface area contributed by atoms with Crippen molar-refractivity contribution >= 4 is 16.0 Å². The van der Waals surface area contributed by atoms with Crippen LogP contribution in [0.25, 0.3) is 0 Å². The number of ether oxygens (including phenoxy) is 2. The molecule has 186 valence electrons. The number of hydrogen-bond acceptors (Lipinski definition) is 6. The van der Waals surface area contributed by atoms with Crippen molar-refractivity contribution in [3.05, 3.63) is 83.7 Å². The highest BCUT2D eigenvalue weighted by Gasteiger charge is 2.22. The van der Waals surface area contributed by atoms with Crippen LogP contribution >= 0.6 is 0 Å². The standard InChI is InChI=1S/C26H28FNO6S/c1-18(2)16-28(26(29)20-6-5-7-21(27)15-20)17-19-8-13-24(33-4)25(14-19)34-35(30,31)23-11-9-22(32-3)10-12-23/h5-15,18H,16-17H2,1-4H3. The zero-order valence-corrected chi connectivity index (χ0v) is 20.8. The van der Waals surface area contributed by atoms with Crippen molar-refractivity contribution in [1.29, 1.82) is 0 Å². The topological polar surface area (TPSA) is 82.1 Å². The van der Waals surface area contributed by atoms with E-state index in [1.807, 2.05) is 13.8 Å². The number of rotatable bonds is 10. The molecule has 0 radical (unpaired) electrons. The average Bonchev–Trinajstić information content (AvgIpc) is 2.83. The van der Waals surface area contributed by atoms with Gasteiger partial charge in [0.25, 0.3) is 5.91 Å². The van der Waals surface area contributed by atoms with Crippen LogP contribution in [-0.4, -0.2) is 40.0 Å². The Labute approximate surface area is 205 Å². The summed E-state index contributed by atoms with van der Waals surface area (Å²) in [5.74, 6) is 0.0430. The Kier molecular flexibility index (Phi) is 8.34. The molecule has 0 aliphatic carbocycles. The SMILES string of the molecule is COc1ccc(S(=O)(=O)Oc2cc(CN(CC(C)C)C(=O)c3cccc(F)c3)ccc2OC)cc1. The molecule has 0 fully saturated rings. The number of halogens is 1. The normalized spacial score (nSPS) is 11.3. The zero-order valence-electron chi connectivity index (χ0n) is 20.0. The first kappa shape index (κ1) is 26.0. The Morgan fingerprint density at radius 1 is 0.943 bits per heavy atom. The van der Waals surface area contributed by atoms with E-state index in [0.29, 0.717) is 17.9 Å². The van der Waals surface area contributed by atoms with Crippen LogP contribution in [0, 0.1) is 11.7 Å². The lowest BCUT2D eigenvalue weighted by Crippen LogP contribution is -2.33. The van der Waals surface area contributed by atoms with Gasteiger partial charge in [-0.05, 0) is 66.1 Å². The van der Waals surface area contributed by atoms with Gasteiger partial charge in [0.2, 0.25) is 0 Å².